The van der Waals surface area contributed by atoms with Crippen molar-refractivity contribution >= 4 is 34.8 Å². The lowest BCUT2D eigenvalue weighted by Gasteiger charge is -1.99. The van der Waals surface area contributed by atoms with Gasteiger partial charge in [-0.2, -0.15) is 10.5 Å². The van der Waals surface area contributed by atoms with Gasteiger partial charge in [-0.1, -0.05) is 23.2 Å². The van der Waals surface area contributed by atoms with Crippen molar-refractivity contribution in [3.8, 4) is 12.1 Å². The van der Waals surface area contributed by atoms with E-state index >= 15 is 0 Å². The number of aromatic nitrogens is 2. The van der Waals surface area contributed by atoms with Crippen LogP contribution < -0.4 is 11.5 Å². The van der Waals surface area contributed by atoms with Crippen molar-refractivity contribution in [2.75, 3.05) is 11.5 Å². The summed E-state index contributed by atoms with van der Waals surface area (Å²) < 4.78 is 0. The number of nitrogen functional groups attached to an aromatic ring is 2. The highest BCUT2D eigenvalue weighted by Gasteiger charge is 2.05. The zero-order valence-corrected chi connectivity index (χ0v) is 13.4. The Kier molecular flexibility index (Phi) is 5.94. The minimum Gasteiger partial charge on any atom is -0.384 e. The van der Waals surface area contributed by atoms with E-state index in [9.17, 15) is 0 Å². The lowest BCUT2D eigenvalue weighted by Crippen LogP contribution is -1.97. The first-order chi connectivity index (χ1) is 10.3. The van der Waals surface area contributed by atoms with Crippen molar-refractivity contribution in [2.24, 2.45) is 0 Å². The topological polar surface area (TPSA) is 125 Å². The summed E-state index contributed by atoms with van der Waals surface area (Å²) in [4.78, 5) is 7.45. The molecule has 8 heteroatoms. The van der Waals surface area contributed by atoms with Gasteiger partial charge in [0, 0.05) is 0 Å². The highest BCUT2D eigenvalue weighted by Crippen LogP contribution is 2.18. The molecule has 0 atom stereocenters. The lowest BCUT2D eigenvalue weighted by molar-refractivity contribution is 1.26. The van der Waals surface area contributed by atoms with E-state index in [1.165, 1.54) is 0 Å². The number of rotatable bonds is 0. The van der Waals surface area contributed by atoms with Crippen molar-refractivity contribution in [1.82, 2.24) is 9.97 Å². The van der Waals surface area contributed by atoms with Crippen LogP contribution in [0.2, 0.25) is 10.3 Å². The highest BCUT2D eigenvalue weighted by atomic mass is 35.5. The number of hydrogen-bond acceptors (Lipinski definition) is 6. The quantitative estimate of drug-likeness (QED) is 0.713. The Balaban J connectivity index is 0.000000220. The van der Waals surface area contributed by atoms with Crippen molar-refractivity contribution in [1.29, 1.82) is 10.5 Å². The van der Waals surface area contributed by atoms with Gasteiger partial charge in [0.2, 0.25) is 0 Å². The van der Waals surface area contributed by atoms with E-state index in [0.29, 0.717) is 22.1 Å². The standard InChI is InChI=1S/2C7H6ClN3/c1-4-2-6(10)11-7(8)5(4)3-9;1-4-2-6(8)11-7(10)5(4)3-9/h2*2H,1H3,(H2,10,11). The summed E-state index contributed by atoms with van der Waals surface area (Å²) in [6.07, 6.45) is 0. The van der Waals surface area contributed by atoms with Gasteiger partial charge in [-0.25, -0.2) is 9.97 Å². The van der Waals surface area contributed by atoms with Gasteiger partial charge in [0.1, 0.15) is 34.1 Å². The van der Waals surface area contributed by atoms with Crippen LogP contribution in [-0.4, -0.2) is 9.97 Å². The van der Waals surface area contributed by atoms with Crippen LogP contribution >= 0.6 is 23.2 Å². The van der Waals surface area contributed by atoms with Gasteiger partial charge < -0.3 is 11.5 Å². The van der Waals surface area contributed by atoms with E-state index in [-0.39, 0.29) is 11.0 Å². The van der Waals surface area contributed by atoms with Gasteiger partial charge in [0.15, 0.2) is 0 Å². The Labute approximate surface area is 137 Å². The smallest absolute Gasteiger partial charge is 0.149 e. The molecule has 2 aromatic heterocycles. The number of halogens is 2. The van der Waals surface area contributed by atoms with Gasteiger partial charge in [-0.3, -0.25) is 0 Å². The van der Waals surface area contributed by atoms with Crippen LogP contribution in [-0.2, 0) is 0 Å². The van der Waals surface area contributed by atoms with E-state index in [0.717, 1.165) is 11.1 Å². The Morgan fingerprint density at radius 3 is 1.95 bits per heavy atom. The molecule has 0 saturated carbocycles. The molecule has 0 aliphatic carbocycles. The molecule has 0 amide bonds. The second kappa shape index (κ2) is 7.46. The van der Waals surface area contributed by atoms with Crippen LogP contribution in [0.5, 0.6) is 0 Å². The Morgan fingerprint density at radius 2 is 1.50 bits per heavy atom. The summed E-state index contributed by atoms with van der Waals surface area (Å²) in [5, 5.41) is 17.6. The minimum atomic E-state index is 0.171. The molecule has 0 bridgehead atoms. The third-order valence-corrected chi connectivity index (χ3v) is 3.10. The Bertz CT molecular complexity index is 675. The molecule has 2 heterocycles. The fraction of sp³-hybridized carbons (Fsp3) is 0.143. The molecule has 0 aliphatic rings. The maximum atomic E-state index is 8.58. The predicted molar refractivity (Wildman–Crippen MR) is 86.2 cm³/mol. The van der Waals surface area contributed by atoms with E-state index in [2.05, 4.69) is 9.97 Å². The number of aryl methyl sites for hydroxylation is 2. The van der Waals surface area contributed by atoms with Gasteiger partial charge in [0.05, 0.1) is 11.1 Å². The van der Waals surface area contributed by atoms with Crippen LogP contribution in [0.15, 0.2) is 12.1 Å². The zero-order valence-electron chi connectivity index (χ0n) is 11.9. The normalized spacial score (nSPS) is 9.18. The average molecular weight is 335 g/mol. The molecule has 0 unspecified atom stereocenters. The Hall–Kier alpha value is -2.54. The molecule has 0 aliphatic heterocycles. The second-order valence-corrected chi connectivity index (χ2v) is 5.02. The van der Waals surface area contributed by atoms with E-state index in [1.54, 1.807) is 26.0 Å². The number of nitriles is 2. The van der Waals surface area contributed by atoms with E-state index < -0.39 is 0 Å². The molecule has 0 radical (unpaired) electrons. The lowest BCUT2D eigenvalue weighted by atomic mass is 10.2. The molecule has 2 rings (SSSR count). The highest BCUT2D eigenvalue weighted by molar-refractivity contribution is 6.30. The predicted octanol–water partition coefficient (Wildman–Crippen LogP) is 2.99. The molecule has 112 valence electrons. The van der Waals surface area contributed by atoms with Crippen LogP contribution in [0.1, 0.15) is 22.3 Å². The summed E-state index contributed by atoms with van der Waals surface area (Å²) in [6, 6.07) is 7.11. The maximum Gasteiger partial charge on any atom is 0.149 e. The first-order valence-electron chi connectivity index (χ1n) is 5.95. The molecule has 4 N–H and O–H groups in total. The van der Waals surface area contributed by atoms with Crippen LogP contribution in [0, 0.1) is 36.5 Å². The molecule has 6 nitrogen and oxygen atoms in total. The zero-order chi connectivity index (χ0) is 16.9. The molecule has 22 heavy (non-hydrogen) atoms. The van der Waals surface area contributed by atoms with Crippen LogP contribution in [0.3, 0.4) is 0 Å². The molecular weight excluding hydrogens is 323 g/mol. The summed E-state index contributed by atoms with van der Waals surface area (Å²) in [5.74, 6) is 0.531. The van der Waals surface area contributed by atoms with Crippen LogP contribution in [0.25, 0.3) is 0 Å². The summed E-state index contributed by atoms with van der Waals surface area (Å²) in [5.41, 5.74) is 13.1. The van der Waals surface area contributed by atoms with Gasteiger partial charge in [-0.15, -0.1) is 0 Å². The monoisotopic (exact) mass is 334 g/mol. The van der Waals surface area contributed by atoms with Crippen LogP contribution in [0.4, 0.5) is 11.6 Å². The van der Waals surface area contributed by atoms with Crippen molar-refractivity contribution in [2.45, 2.75) is 13.8 Å². The Morgan fingerprint density at radius 1 is 0.955 bits per heavy atom. The summed E-state index contributed by atoms with van der Waals surface area (Å²) >= 11 is 11.2. The third kappa shape index (κ3) is 4.23. The summed E-state index contributed by atoms with van der Waals surface area (Å²) in [6.45, 7) is 3.53. The van der Waals surface area contributed by atoms with Crippen molar-refractivity contribution in [3.63, 3.8) is 0 Å². The average Bonchev–Trinajstić information content (AvgIpc) is 2.38. The molecule has 2 aromatic rings. The largest absolute Gasteiger partial charge is 0.384 e. The number of hydrogen-bond donors (Lipinski definition) is 2. The third-order valence-electron chi connectivity index (χ3n) is 2.63. The SMILES string of the molecule is Cc1cc(Cl)nc(N)c1C#N.Cc1cc(N)nc(Cl)c1C#N. The number of nitrogens with zero attached hydrogens (tertiary/aromatic N) is 4. The van der Waals surface area contributed by atoms with Crippen molar-refractivity contribution in [3.05, 3.63) is 44.7 Å². The van der Waals surface area contributed by atoms with Gasteiger partial charge in [0.25, 0.3) is 0 Å². The molecule has 0 fully saturated rings. The first kappa shape index (κ1) is 17.5. The molecular formula is C14H12Cl2N6. The first-order valence-corrected chi connectivity index (χ1v) is 6.71. The fourth-order valence-corrected chi connectivity index (χ4v) is 2.14. The number of anilines is 2. The molecule has 0 spiro atoms. The van der Waals surface area contributed by atoms with Crippen molar-refractivity contribution < 1.29 is 0 Å². The van der Waals surface area contributed by atoms with Gasteiger partial charge >= 0.3 is 0 Å². The minimum absolute atomic E-state index is 0.171. The second-order valence-electron chi connectivity index (χ2n) is 4.28. The molecule has 0 aromatic carbocycles. The fourth-order valence-electron chi connectivity index (χ4n) is 1.59. The van der Waals surface area contributed by atoms with E-state index in [4.69, 9.17) is 45.2 Å². The summed E-state index contributed by atoms with van der Waals surface area (Å²) in [7, 11) is 0. The number of pyridine rings is 2. The maximum absolute atomic E-state index is 8.58. The molecule has 0 saturated heterocycles. The number of nitrogens with two attached hydrogens (primary N) is 2. The van der Waals surface area contributed by atoms with E-state index in [1.807, 2.05) is 12.1 Å². The van der Waals surface area contributed by atoms with Gasteiger partial charge in [-0.05, 0) is 37.1 Å².